The largest absolute Gasteiger partial charge is 0.316 e. The van der Waals surface area contributed by atoms with Crippen LogP contribution in [0, 0.1) is 5.92 Å². The number of aromatic nitrogens is 3. The highest BCUT2D eigenvalue weighted by Crippen LogP contribution is 2.15. The van der Waals surface area contributed by atoms with E-state index in [1.54, 1.807) is 0 Å². The lowest BCUT2D eigenvalue weighted by Crippen LogP contribution is -2.31. The molecule has 0 aliphatic carbocycles. The minimum absolute atomic E-state index is 0.701. The Bertz CT molecular complexity index is 500. The van der Waals surface area contributed by atoms with Gasteiger partial charge in [-0.25, -0.2) is 0 Å². The van der Waals surface area contributed by atoms with E-state index in [1.807, 2.05) is 12.4 Å². The molecule has 2 heterocycles. The summed E-state index contributed by atoms with van der Waals surface area (Å²) in [6.07, 6.45) is 5.45. The van der Waals surface area contributed by atoms with Crippen molar-refractivity contribution < 1.29 is 0 Å². The number of rotatable bonds is 4. The average Bonchev–Trinajstić information content (AvgIpc) is 2.88. The van der Waals surface area contributed by atoms with Gasteiger partial charge < -0.3 is 9.88 Å². The van der Waals surface area contributed by atoms with Crippen LogP contribution >= 0.6 is 0 Å². The standard InChI is InChI=1S/C15H20N4/c1-2-5-13(6-3-1)11-19-12-17-18-15(19)9-14-7-4-8-16-10-14/h1-3,5-6,12,14,16H,4,7-11H2/t14-/m1/s1. The maximum atomic E-state index is 4.29. The molecule has 1 aliphatic rings. The summed E-state index contributed by atoms with van der Waals surface area (Å²) < 4.78 is 2.17. The van der Waals surface area contributed by atoms with Crippen molar-refractivity contribution in [1.29, 1.82) is 0 Å². The first-order valence-corrected chi connectivity index (χ1v) is 7.03. The summed E-state index contributed by atoms with van der Waals surface area (Å²) in [6.45, 7) is 3.13. The number of piperidine rings is 1. The van der Waals surface area contributed by atoms with Crippen LogP contribution in [-0.2, 0) is 13.0 Å². The Hall–Kier alpha value is -1.68. The molecule has 1 saturated heterocycles. The fourth-order valence-electron chi connectivity index (χ4n) is 2.71. The van der Waals surface area contributed by atoms with Crippen LogP contribution in [0.25, 0.3) is 0 Å². The third-order valence-corrected chi connectivity index (χ3v) is 3.76. The minimum Gasteiger partial charge on any atom is -0.316 e. The van der Waals surface area contributed by atoms with E-state index in [-0.39, 0.29) is 0 Å². The molecule has 1 atom stereocenters. The van der Waals surface area contributed by atoms with E-state index in [1.165, 1.54) is 18.4 Å². The Morgan fingerprint density at radius 1 is 1.26 bits per heavy atom. The van der Waals surface area contributed by atoms with Gasteiger partial charge in [-0.05, 0) is 37.4 Å². The van der Waals surface area contributed by atoms with Gasteiger partial charge >= 0.3 is 0 Å². The van der Waals surface area contributed by atoms with Crippen LogP contribution in [0.5, 0.6) is 0 Å². The summed E-state index contributed by atoms with van der Waals surface area (Å²) in [7, 11) is 0. The molecule has 1 aromatic heterocycles. The number of hydrogen-bond acceptors (Lipinski definition) is 3. The Morgan fingerprint density at radius 3 is 2.95 bits per heavy atom. The fourth-order valence-corrected chi connectivity index (χ4v) is 2.71. The Labute approximate surface area is 113 Å². The highest BCUT2D eigenvalue weighted by Gasteiger charge is 2.16. The predicted molar refractivity (Wildman–Crippen MR) is 74.9 cm³/mol. The lowest BCUT2D eigenvalue weighted by atomic mass is 9.96. The van der Waals surface area contributed by atoms with Crippen molar-refractivity contribution in [3.05, 3.63) is 48.0 Å². The van der Waals surface area contributed by atoms with Crippen molar-refractivity contribution in [1.82, 2.24) is 20.1 Å². The molecule has 1 fully saturated rings. The molecule has 19 heavy (non-hydrogen) atoms. The normalized spacial score (nSPS) is 19.5. The number of hydrogen-bond donors (Lipinski definition) is 1. The van der Waals surface area contributed by atoms with E-state index in [9.17, 15) is 0 Å². The molecule has 0 spiro atoms. The summed E-state index contributed by atoms with van der Waals surface area (Å²) in [6, 6.07) is 10.5. The molecule has 0 saturated carbocycles. The molecule has 100 valence electrons. The Kier molecular flexibility index (Phi) is 3.89. The van der Waals surface area contributed by atoms with Crippen molar-refractivity contribution in [2.45, 2.75) is 25.8 Å². The quantitative estimate of drug-likeness (QED) is 0.908. The van der Waals surface area contributed by atoms with Gasteiger partial charge in [0.15, 0.2) is 0 Å². The van der Waals surface area contributed by atoms with Crippen LogP contribution in [0.3, 0.4) is 0 Å². The minimum atomic E-state index is 0.701. The van der Waals surface area contributed by atoms with Crippen molar-refractivity contribution in [2.24, 2.45) is 5.92 Å². The summed E-state index contributed by atoms with van der Waals surface area (Å²) in [5.74, 6) is 1.81. The topological polar surface area (TPSA) is 42.7 Å². The van der Waals surface area contributed by atoms with E-state index in [0.29, 0.717) is 5.92 Å². The molecule has 1 N–H and O–H groups in total. The van der Waals surface area contributed by atoms with Gasteiger partial charge in [-0.3, -0.25) is 0 Å². The van der Waals surface area contributed by atoms with Crippen molar-refractivity contribution in [3.8, 4) is 0 Å². The number of nitrogens with zero attached hydrogens (tertiary/aromatic N) is 3. The zero-order valence-corrected chi connectivity index (χ0v) is 11.1. The van der Waals surface area contributed by atoms with E-state index in [4.69, 9.17) is 0 Å². The zero-order valence-electron chi connectivity index (χ0n) is 11.1. The molecule has 1 aliphatic heterocycles. The van der Waals surface area contributed by atoms with Gasteiger partial charge in [0.2, 0.25) is 0 Å². The van der Waals surface area contributed by atoms with Crippen LogP contribution in [0.2, 0.25) is 0 Å². The van der Waals surface area contributed by atoms with Crippen LogP contribution in [0.15, 0.2) is 36.7 Å². The van der Waals surface area contributed by atoms with Crippen LogP contribution in [-0.4, -0.2) is 27.9 Å². The van der Waals surface area contributed by atoms with Gasteiger partial charge in [0.1, 0.15) is 12.2 Å². The van der Waals surface area contributed by atoms with Gasteiger partial charge in [-0.15, -0.1) is 10.2 Å². The van der Waals surface area contributed by atoms with Crippen molar-refractivity contribution >= 4 is 0 Å². The first-order valence-electron chi connectivity index (χ1n) is 7.03. The second-order valence-electron chi connectivity index (χ2n) is 5.28. The molecule has 0 bridgehead atoms. The highest BCUT2D eigenvalue weighted by molar-refractivity contribution is 5.15. The fraction of sp³-hybridized carbons (Fsp3) is 0.467. The molecule has 0 amide bonds. The monoisotopic (exact) mass is 256 g/mol. The highest BCUT2D eigenvalue weighted by atomic mass is 15.3. The van der Waals surface area contributed by atoms with Crippen molar-refractivity contribution in [3.63, 3.8) is 0 Å². The summed E-state index contributed by atoms with van der Waals surface area (Å²) in [5, 5.41) is 11.8. The van der Waals surface area contributed by atoms with Gasteiger partial charge in [-0.1, -0.05) is 30.3 Å². The third kappa shape index (κ3) is 3.20. The van der Waals surface area contributed by atoms with Gasteiger partial charge in [0.05, 0.1) is 6.54 Å². The average molecular weight is 256 g/mol. The second-order valence-corrected chi connectivity index (χ2v) is 5.28. The number of benzene rings is 1. The lowest BCUT2D eigenvalue weighted by Gasteiger charge is -2.22. The first kappa shape index (κ1) is 12.4. The predicted octanol–water partition coefficient (Wildman–Crippen LogP) is 1.87. The smallest absolute Gasteiger partial charge is 0.133 e. The molecule has 2 aromatic rings. The third-order valence-electron chi connectivity index (χ3n) is 3.76. The van der Waals surface area contributed by atoms with E-state index in [0.717, 1.165) is 31.9 Å². The van der Waals surface area contributed by atoms with Gasteiger partial charge in [0, 0.05) is 6.42 Å². The molecule has 0 unspecified atom stereocenters. The number of nitrogens with one attached hydrogen (secondary N) is 1. The summed E-state index contributed by atoms with van der Waals surface area (Å²) in [4.78, 5) is 0. The molecular weight excluding hydrogens is 236 g/mol. The maximum Gasteiger partial charge on any atom is 0.133 e. The van der Waals surface area contributed by atoms with Gasteiger partial charge in [-0.2, -0.15) is 0 Å². The maximum absolute atomic E-state index is 4.29. The van der Waals surface area contributed by atoms with E-state index >= 15 is 0 Å². The van der Waals surface area contributed by atoms with Crippen LogP contribution in [0.1, 0.15) is 24.2 Å². The summed E-state index contributed by atoms with van der Waals surface area (Å²) >= 11 is 0. The Morgan fingerprint density at radius 2 is 2.16 bits per heavy atom. The summed E-state index contributed by atoms with van der Waals surface area (Å²) in [5.41, 5.74) is 1.30. The molecule has 1 aromatic carbocycles. The van der Waals surface area contributed by atoms with E-state index < -0.39 is 0 Å². The van der Waals surface area contributed by atoms with Crippen molar-refractivity contribution in [2.75, 3.05) is 13.1 Å². The molecule has 0 radical (unpaired) electrons. The van der Waals surface area contributed by atoms with E-state index in [2.05, 4.69) is 44.3 Å². The molecule has 4 nitrogen and oxygen atoms in total. The molecular formula is C15H20N4. The first-order chi connectivity index (χ1) is 9.42. The lowest BCUT2D eigenvalue weighted by molar-refractivity contribution is 0.367. The van der Waals surface area contributed by atoms with Crippen LogP contribution in [0.4, 0.5) is 0 Å². The van der Waals surface area contributed by atoms with Crippen LogP contribution < -0.4 is 5.32 Å². The van der Waals surface area contributed by atoms with Gasteiger partial charge in [0.25, 0.3) is 0 Å². The zero-order chi connectivity index (χ0) is 12.9. The second kappa shape index (κ2) is 5.97. The Balaban J connectivity index is 1.68. The molecule has 3 rings (SSSR count). The SMILES string of the molecule is c1ccc(Cn2cnnc2C[C@H]2CCCNC2)cc1. The molecule has 4 heteroatoms.